The van der Waals surface area contributed by atoms with Crippen LogP contribution in [0.3, 0.4) is 0 Å². The van der Waals surface area contributed by atoms with Gasteiger partial charge >= 0.3 is 0 Å². The van der Waals surface area contributed by atoms with E-state index in [1.165, 1.54) is 0 Å². The number of benzene rings is 1. The van der Waals surface area contributed by atoms with Gasteiger partial charge in [0.05, 0.1) is 5.71 Å². The Balaban J connectivity index is 1.92. The van der Waals surface area contributed by atoms with Crippen LogP contribution in [0.15, 0.2) is 47.7 Å². The van der Waals surface area contributed by atoms with Crippen LogP contribution in [0, 0.1) is 0 Å². The highest BCUT2D eigenvalue weighted by Gasteiger charge is 2.30. The summed E-state index contributed by atoms with van der Waals surface area (Å²) in [5.74, 6) is 0. The van der Waals surface area contributed by atoms with Gasteiger partial charge in [-0.2, -0.15) is 5.10 Å². The molecule has 6 heteroatoms. The zero-order valence-corrected chi connectivity index (χ0v) is 12.2. The van der Waals surface area contributed by atoms with Crippen molar-refractivity contribution in [1.82, 2.24) is 9.99 Å². The molecule has 0 aliphatic carbocycles. The molecular formula is C14H13ClN4S. The van der Waals surface area contributed by atoms with Crippen LogP contribution in [-0.2, 0) is 0 Å². The highest BCUT2D eigenvalue weighted by molar-refractivity contribution is 7.80. The Labute approximate surface area is 127 Å². The van der Waals surface area contributed by atoms with Crippen LogP contribution in [0.2, 0.25) is 5.02 Å². The normalized spacial score (nSPS) is 18.1. The molecule has 102 valence electrons. The van der Waals surface area contributed by atoms with E-state index in [4.69, 9.17) is 29.6 Å². The molecule has 1 aromatic carbocycles. The SMILES string of the molecule is NC(=S)N1N=C(c2ccc(Cl)cc2)CC1c1ccc[nH]1. The summed E-state index contributed by atoms with van der Waals surface area (Å²) in [6, 6.07) is 11.6. The Kier molecular flexibility index (Phi) is 3.46. The van der Waals surface area contributed by atoms with E-state index in [-0.39, 0.29) is 11.2 Å². The van der Waals surface area contributed by atoms with Gasteiger partial charge < -0.3 is 10.7 Å². The van der Waals surface area contributed by atoms with Crippen molar-refractivity contribution in [1.29, 1.82) is 0 Å². The highest BCUT2D eigenvalue weighted by atomic mass is 35.5. The largest absolute Gasteiger partial charge is 0.375 e. The summed E-state index contributed by atoms with van der Waals surface area (Å²) in [7, 11) is 0. The van der Waals surface area contributed by atoms with Crippen LogP contribution in [-0.4, -0.2) is 20.8 Å². The lowest BCUT2D eigenvalue weighted by Crippen LogP contribution is -2.31. The number of aromatic nitrogens is 1. The van der Waals surface area contributed by atoms with Gasteiger partial charge in [0.2, 0.25) is 0 Å². The summed E-state index contributed by atoms with van der Waals surface area (Å²) in [6.07, 6.45) is 2.63. The van der Waals surface area contributed by atoms with E-state index in [0.717, 1.165) is 23.4 Å². The molecule has 0 amide bonds. The summed E-state index contributed by atoms with van der Waals surface area (Å²) < 4.78 is 0. The first kappa shape index (κ1) is 13.1. The number of hydrazone groups is 1. The lowest BCUT2D eigenvalue weighted by molar-refractivity contribution is 0.367. The minimum absolute atomic E-state index is 0.0215. The number of rotatable bonds is 2. The van der Waals surface area contributed by atoms with Gasteiger partial charge in [0.1, 0.15) is 6.04 Å². The first-order chi connectivity index (χ1) is 9.65. The van der Waals surface area contributed by atoms with Crippen molar-refractivity contribution >= 4 is 34.6 Å². The molecule has 20 heavy (non-hydrogen) atoms. The van der Waals surface area contributed by atoms with Crippen molar-refractivity contribution in [2.45, 2.75) is 12.5 Å². The van der Waals surface area contributed by atoms with Crippen LogP contribution >= 0.6 is 23.8 Å². The average Bonchev–Trinajstić information content (AvgIpc) is 3.08. The van der Waals surface area contributed by atoms with Crippen LogP contribution in [0.1, 0.15) is 23.7 Å². The Bertz CT molecular complexity index is 648. The van der Waals surface area contributed by atoms with E-state index in [9.17, 15) is 0 Å². The maximum atomic E-state index is 5.91. The van der Waals surface area contributed by atoms with Gasteiger partial charge in [-0.3, -0.25) is 0 Å². The van der Waals surface area contributed by atoms with Gasteiger partial charge in [0.15, 0.2) is 5.11 Å². The maximum Gasteiger partial charge on any atom is 0.187 e. The number of nitrogens with one attached hydrogen (secondary N) is 1. The smallest absolute Gasteiger partial charge is 0.187 e. The van der Waals surface area contributed by atoms with Crippen molar-refractivity contribution in [2.75, 3.05) is 0 Å². The molecule has 2 aromatic rings. The first-order valence-corrected chi connectivity index (χ1v) is 6.99. The maximum absolute atomic E-state index is 5.91. The molecular weight excluding hydrogens is 292 g/mol. The summed E-state index contributed by atoms with van der Waals surface area (Å²) in [5, 5.41) is 7.21. The molecule has 0 fully saturated rings. The monoisotopic (exact) mass is 304 g/mol. The standard InChI is InChI=1S/C14H13ClN4S/c15-10-5-3-9(4-6-10)12-8-13(11-2-1-7-17-11)19(18-12)14(16)20/h1-7,13,17H,8H2,(H2,16,20). The summed E-state index contributed by atoms with van der Waals surface area (Å²) >= 11 is 11.0. The van der Waals surface area contributed by atoms with Crippen LogP contribution < -0.4 is 5.73 Å². The fourth-order valence-corrected chi connectivity index (χ4v) is 2.62. The van der Waals surface area contributed by atoms with E-state index in [1.807, 2.05) is 42.6 Å². The molecule has 3 N–H and O–H groups in total. The van der Waals surface area contributed by atoms with Crippen LogP contribution in [0.4, 0.5) is 0 Å². The van der Waals surface area contributed by atoms with Crippen molar-refractivity contribution in [2.24, 2.45) is 10.8 Å². The number of thiocarbonyl (C=S) groups is 1. The van der Waals surface area contributed by atoms with Crippen molar-refractivity contribution in [3.8, 4) is 0 Å². The molecule has 1 aromatic heterocycles. The quantitative estimate of drug-likeness (QED) is 0.838. The molecule has 0 spiro atoms. The third kappa shape index (κ3) is 2.42. The number of hydrogen-bond donors (Lipinski definition) is 2. The summed E-state index contributed by atoms with van der Waals surface area (Å²) in [6.45, 7) is 0. The average molecular weight is 305 g/mol. The Morgan fingerprint density at radius 2 is 2.10 bits per heavy atom. The minimum Gasteiger partial charge on any atom is -0.375 e. The fourth-order valence-electron chi connectivity index (χ4n) is 2.32. The van der Waals surface area contributed by atoms with E-state index in [1.54, 1.807) is 5.01 Å². The highest BCUT2D eigenvalue weighted by Crippen LogP contribution is 2.31. The van der Waals surface area contributed by atoms with Gasteiger partial charge in [-0.05, 0) is 42.0 Å². The second-order valence-corrected chi connectivity index (χ2v) is 5.44. The molecule has 1 aliphatic heterocycles. The number of H-pyrrole nitrogens is 1. The third-order valence-corrected chi connectivity index (χ3v) is 3.73. The predicted molar refractivity (Wildman–Crippen MR) is 84.8 cm³/mol. The zero-order valence-electron chi connectivity index (χ0n) is 10.6. The third-order valence-electron chi connectivity index (χ3n) is 3.29. The van der Waals surface area contributed by atoms with Crippen LogP contribution in [0.5, 0.6) is 0 Å². The van der Waals surface area contributed by atoms with E-state index >= 15 is 0 Å². The van der Waals surface area contributed by atoms with Gasteiger partial charge in [-0.25, -0.2) is 5.01 Å². The summed E-state index contributed by atoms with van der Waals surface area (Å²) in [4.78, 5) is 3.19. The second-order valence-electron chi connectivity index (χ2n) is 4.58. The van der Waals surface area contributed by atoms with Gasteiger partial charge in [-0.1, -0.05) is 23.7 Å². The number of hydrogen-bond acceptors (Lipinski definition) is 2. The predicted octanol–water partition coefficient (Wildman–Crippen LogP) is 3.06. The van der Waals surface area contributed by atoms with Gasteiger partial charge in [0, 0.05) is 23.3 Å². The Morgan fingerprint density at radius 3 is 2.70 bits per heavy atom. The van der Waals surface area contributed by atoms with Crippen molar-refractivity contribution < 1.29 is 0 Å². The molecule has 1 unspecified atom stereocenters. The Morgan fingerprint density at radius 1 is 1.35 bits per heavy atom. The van der Waals surface area contributed by atoms with Crippen molar-refractivity contribution in [3.63, 3.8) is 0 Å². The minimum atomic E-state index is 0.0215. The fraction of sp³-hybridized carbons (Fsp3) is 0.143. The van der Waals surface area contributed by atoms with Crippen molar-refractivity contribution in [3.05, 3.63) is 58.9 Å². The number of nitrogens with zero attached hydrogens (tertiary/aromatic N) is 2. The van der Waals surface area contributed by atoms with E-state index < -0.39 is 0 Å². The number of nitrogens with two attached hydrogens (primary N) is 1. The Hall–Kier alpha value is -1.85. The number of aromatic amines is 1. The van der Waals surface area contributed by atoms with E-state index in [0.29, 0.717) is 5.02 Å². The first-order valence-electron chi connectivity index (χ1n) is 6.20. The summed E-state index contributed by atoms with van der Waals surface area (Å²) in [5.41, 5.74) is 8.81. The molecule has 1 atom stereocenters. The van der Waals surface area contributed by atoms with Crippen LogP contribution in [0.25, 0.3) is 0 Å². The molecule has 0 saturated heterocycles. The van der Waals surface area contributed by atoms with Gasteiger partial charge in [0.25, 0.3) is 0 Å². The number of halogens is 1. The molecule has 2 heterocycles. The topological polar surface area (TPSA) is 57.4 Å². The lowest BCUT2D eigenvalue weighted by Gasteiger charge is -2.20. The molecule has 4 nitrogen and oxygen atoms in total. The zero-order chi connectivity index (χ0) is 14.1. The molecule has 1 aliphatic rings. The van der Waals surface area contributed by atoms with E-state index in [2.05, 4.69) is 10.1 Å². The molecule has 0 bridgehead atoms. The lowest BCUT2D eigenvalue weighted by atomic mass is 10.0. The molecule has 0 saturated carbocycles. The molecule has 0 radical (unpaired) electrons. The molecule has 3 rings (SSSR count). The van der Waals surface area contributed by atoms with Gasteiger partial charge in [-0.15, -0.1) is 0 Å². The second kappa shape index (κ2) is 5.26.